The van der Waals surface area contributed by atoms with Gasteiger partial charge >= 0.3 is 0 Å². The number of rotatable bonds is 6. The number of ether oxygens (including phenoxy) is 2. The fourth-order valence-electron chi connectivity index (χ4n) is 4.27. The Kier molecular flexibility index (Phi) is 6.21. The molecule has 3 aromatic rings. The fraction of sp³-hybridized carbons (Fsp3) is 0.250. The van der Waals surface area contributed by atoms with Gasteiger partial charge in [-0.1, -0.05) is 23.7 Å². The van der Waals surface area contributed by atoms with Crippen LogP contribution in [0.2, 0.25) is 5.02 Å². The molecule has 166 valence electrons. The van der Waals surface area contributed by atoms with Crippen molar-refractivity contribution in [1.29, 1.82) is 0 Å². The Hall–Kier alpha value is -3.29. The molecule has 7 nitrogen and oxygen atoms in total. The third kappa shape index (κ3) is 4.22. The highest BCUT2D eigenvalue weighted by atomic mass is 35.5. The van der Waals surface area contributed by atoms with E-state index in [0.717, 1.165) is 23.1 Å². The number of phenols is 1. The van der Waals surface area contributed by atoms with Gasteiger partial charge in [0.2, 0.25) is 0 Å². The van der Waals surface area contributed by atoms with E-state index in [-0.39, 0.29) is 17.5 Å². The van der Waals surface area contributed by atoms with E-state index in [9.17, 15) is 15.2 Å². The van der Waals surface area contributed by atoms with Crippen molar-refractivity contribution in [1.82, 2.24) is 4.90 Å². The maximum atomic E-state index is 11.2. The summed E-state index contributed by atoms with van der Waals surface area (Å²) in [4.78, 5) is 13.0. The van der Waals surface area contributed by atoms with E-state index in [2.05, 4.69) is 4.90 Å². The molecule has 0 bridgehead atoms. The zero-order valence-electron chi connectivity index (χ0n) is 17.7. The highest BCUT2D eigenvalue weighted by Crippen LogP contribution is 2.42. The van der Waals surface area contributed by atoms with Crippen LogP contribution in [0.15, 0.2) is 54.6 Å². The molecule has 8 heteroatoms. The monoisotopic (exact) mass is 454 g/mol. The molecule has 1 aliphatic heterocycles. The number of methoxy groups -OCH3 is 2. The lowest BCUT2D eigenvalue weighted by Gasteiger charge is -2.38. The van der Waals surface area contributed by atoms with Gasteiger partial charge in [0.05, 0.1) is 25.2 Å². The van der Waals surface area contributed by atoms with Crippen molar-refractivity contribution in [2.24, 2.45) is 0 Å². The number of non-ortho nitro benzene ring substituents is 1. The standard InChI is InChI=1S/C24H23ClN2O5/c1-31-22-12-15-8-9-26(14-17-11-19(27(29)30)6-7-21(17)28)24(20(15)13-23(22)32-2)16-4-3-5-18(25)10-16/h3-7,10-13,24,28H,8-9,14H2,1-2H3. The van der Waals surface area contributed by atoms with Crippen LogP contribution in [-0.2, 0) is 13.0 Å². The van der Waals surface area contributed by atoms with Crippen LogP contribution in [0, 0.1) is 10.1 Å². The minimum absolute atomic E-state index is 0.0264. The first-order valence-corrected chi connectivity index (χ1v) is 10.5. The molecule has 0 amide bonds. The van der Waals surface area contributed by atoms with Crippen LogP contribution < -0.4 is 9.47 Å². The third-order valence-electron chi connectivity index (χ3n) is 5.79. The van der Waals surface area contributed by atoms with Gasteiger partial charge in [-0.3, -0.25) is 15.0 Å². The van der Waals surface area contributed by atoms with Gasteiger partial charge in [0.1, 0.15) is 5.75 Å². The zero-order valence-corrected chi connectivity index (χ0v) is 18.5. The number of aromatic hydroxyl groups is 1. The van der Waals surface area contributed by atoms with Crippen LogP contribution in [0.25, 0.3) is 0 Å². The summed E-state index contributed by atoms with van der Waals surface area (Å²) >= 11 is 6.31. The SMILES string of the molecule is COc1cc2c(cc1OC)C(c1cccc(Cl)c1)N(Cc1cc([N+](=O)[O-])ccc1O)CC2. The van der Waals surface area contributed by atoms with Crippen molar-refractivity contribution in [2.75, 3.05) is 20.8 Å². The van der Waals surface area contributed by atoms with Gasteiger partial charge in [0.15, 0.2) is 11.5 Å². The van der Waals surface area contributed by atoms with Crippen LogP contribution in [-0.4, -0.2) is 35.7 Å². The molecule has 0 fully saturated rings. The number of nitrogens with zero attached hydrogens (tertiary/aromatic N) is 2. The third-order valence-corrected chi connectivity index (χ3v) is 6.02. The Morgan fingerprint density at radius 3 is 2.56 bits per heavy atom. The molecule has 1 unspecified atom stereocenters. The summed E-state index contributed by atoms with van der Waals surface area (Å²) < 4.78 is 11.0. The normalized spacial score (nSPS) is 15.8. The number of phenolic OH excluding ortho intramolecular Hbond substituents is 1. The highest BCUT2D eigenvalue weighted by molar-refractivity contribution is 6.30. The van der Waals surface area contributed by atoms with Gasteiger partial charge in [-0.25, -0.2) is 0 Å². The molecule has 0 saturated carbocycles. The quantitative estimate of drug-likeness (QED) is 0.411. The number of nitro groups is 1. The second-order valence-corrected chi connectivity index (χ2v) is 8.09. The lowest BCUT2D eigenvalue weighted by molar-refractivity contribution is -0.385. The van der Waals surface area contributed by atoms with Gasteiger partial charge in [-0.15, -0.1) is 0 Å². The summed E-state index contributed by atoms with van der Waals surface area (Å²) in [6, 6.07) is 15.5. The second-order valence-electron chi connectivity index (χ2n) is 7.65. The summed E-state index contributed by atoms with van der Waals surface area (Å²) in [6.45, 7) is 1.01. The number of nitro benzene ring substituents is 1. The maximum Gasteiger partial charge on any atom is 0.270 e. The Labute approximate surface area is 190 Å². The van der Waals surface area contributed by atoms with E-state index in [0.29, 0.717) is 35.2 Å². The first-order chi connectivity index (χ1) is 15.4. The molecule has 3 aromatic carbocycles. The first-order valence-electron chi connectivity index (χ1n) is 10.1. The molecule has 1 N–H and O–H groups in total. The Bertz CT molecular complexity index is 1170. The summed E-state index contributed by atoms with van der Waals surface area (Å²) in [5.74, 6) is 1.32. The Morgan fingerprint density at radius 2 is 1.88 bits per heavy atom. The predicted molar refractivity (Wildman–Crippen MR) is 122 cm³/mol. The van der Waals surface area contributed by atoms with Crippen molar-refractivity contribution in [3.63, 3.8) is 0 Å². The molecular formula is C24H23ClN2O5. The molecule has 0 saturated heterocycles. The summed E-state index contributed by atoms with van der Waals surface area (Å²) in [5, 5.41) is 22.3. The van der Waals surface area contributed by atoms with Crippen LogP contribution >= 0.6 is 11.6 Å². The first kappa shape index (κ1) is 21.9. The number of benzene rings is 3. The average Bonchev–Trinajstić information content (AvgIpc) is 2.79. The molecule has 0 radical (unpaired) electrons. The number of hydrogen-bond acceptors (Lipinski definition) is 6. The summed E-state index contributed by atoms with van der Waals surface area (Å²) in [5.41, 5.74) is 3.60. The molecule has 1 heterocycles. The number of halogens is 1. The van der Waals surface area contributed by atoms with E-state index in [4.69, 9.17) is 21.1 Å². The van der Waals surface area contributed by atoms with E-state index in [1.165, 1.54) is 18.2 Å². The maximum absolute atomic E-state index is 11.2. The lowest BCUT2D eigenvalue weighted by atomic mass is 9.87. The molecule has 0 aromatic heterocycles. The van der Waals surface area contributed by atoms with Gasteiger partial charge in [0, 0.05) is 35.8 Å². The van der Waals surface area contributed by atoms with Crippen molar-refractivity contribution in [3.8, 4) is 17.2 Å². The average molecular weight is 455 g/mol. The van der Waals surface area contributed by atoms with E-state index in [1.807, 2.05) is 36.4 Å². The van der Waals surface area contributed by atoms with Crippen molar-refractivity contribution in [2.45, 2.75) is 19.0 Å². The largest absolute Gasteiger partial charge is 0.508 e. The van der Waals surface area contributed by atoms with Gasteiger partial charge in [-0.2, -0.15) is 0 Å². The molecule has 0 spiro atoms. The molecule has 1 aliphatic rings. The zero-order chi connectivity index (χ0) is 22.8. The van der Waals surface area contributed by atoms with Crippen LogP contribution in [0.5, 0.6) is 17.2 Å². The Morgan fingerprint density at radius 1 is 1.12 bits per heavy atom. The molecular weight excluding hydrogens is 432 g/mol. The van der Waals surface area contributed by atoms with Crippen molar-refractivity contribution >= 4 is 17.3 Å². The van der Waals surface area contributed by atoms with Crippen molar-refractivity contribution in [3.05, 3.63) is 92.0 Å². The van der Waals surface area contributed by atoms with Crippen molar-refractivity contribution < 1.29 is 19.5 Å². The summed E-state index contributed by atoms with van der Waals surface area (Å²) in [7, 11) is 3.21. The highest BCUT2D eigenvalue weighted by Gasteiger charge is 2.31. The molecule has 4 rings (SSSR count). The van der Waals surface area contributed by atoms with Gasteiger partial charge in [-0.05, 0) is 53.4 Å². The number of fused-ring (bicyclic) bond motifs is 1. The van der Waals surface area contributed by atoms with Crippen LogP contribution in [0.4, 0.5) is 5.69 Å². The van der Waals surface area contributed by atoms with Crippen LogP contribution in [0.1, 0.15) is 28.3 Å². The van der Waals surface area contributed by atoms with E-state index in [1.54, 1.807) is 14.2 Å². The van der Waals surface area contributed by atoms with Gasteiger partial charge in [0.25, 0.3) is 5.69 Å². The molecule has 32 heavy (non-hydrogen) atoms. The Balaban J connectivity index is 1.81. The molecule has 1 atom stereocenters. The van der Waals surface area contributed by atoms with E-state index < -0.39 is 4.92 Å². The van der Waals surface area contributed by atoms with Crippen LogP contribution in [0.3, 0.4) is 0 Å². The minimum atomic E-state index is -0.458. The number of hydrogen-bond donors (Lipinski definition) is 1. The minimum Gasteiger partial charge on any atom is -0.508 e. The van der Waals surface area contributed by atoms with Gasteiger partial charge < -0.3 is 14.6 Å². The second kappa shape index (κ2) is 9.06. The topological polar surface area (TPSA) is 85.1 Å². The lowest BCUT2D eigenvalue weighted by Crippen LogP contribution is -2.35. The smallest absolute Gasteiger partial charge is 0.270 e. The fourth-order valence-corrected chi connectivity index (χ4v) is 4.46. The van der Waals surface area contributed by atoms with E-state index >= 15 is 0 Å². The molecule has 0 aliphatic carbocycles. The predicted octanol–water partition coefficient (Wildman–Crippen LogP) is 5.12. The summed E-state index contributed by atoms with van der Waals surface area (Å²) in [6.07, 6.45) is 0.752.